The number of carbonyl (C=O) groups is 3. The Balaban J connectivity index is 1.71. The van der Waals surface area contributed by atoms with Crippen LogP contribution < -0.4 is 0 Å². The third-order valence-corrected chi connectivity index (χ3v) is 8.90. The quantitative estimate of drug-likeness (QED) is 0.266. The van der Waals surface area contributed by atoms with Crippen LogP contribution in [0.15, 0.2) is 55.6 Å². The zero-order chi connectivity index (χ0) is 28.9. The highest BCUT2D eigenvalue weighted by molar-refractivity contribution is 5.99. The normalized spacial score (nSPS) is 27.4. The van der Waals surface area contributed by atoms with Crippen LogP contribution in [0.4, 0.5) is 0 Å². The van der Waals surface area contributed by atoms with E-state index in [4.69, 9.17) is 4.74 Å². The first kappa shape index (κ1) is 30.0. The number of aliphatic hydroxyl groups is 1. The fraction of sp³-hybridized carbons (Fsp3) is 0.594. The number of hydrogen-bond donors (Lipinski definition) is 1. The van der Waals surface area contributed by atoms with E-state index in [9.17, 15) is 19.5 Å². The predicted molar refractivity (Wildman–Crippen MR) is 154 cm³/mol. The lowest BCUT2D eigenvalue weighted by molar-refractivity contribution is -0.152. The number of carbonyl (C=O) groups excluding carboxylic acids is 3. The summed E-state index contributed by atoms with van der Waals surface area (Å²) in [7, 11) is 0. The summed E-state index contributed by atoms with van der Waals surface area (Å²) in [6, 6.07) is 8.33. The number of ether oxygens (including phenoxy) is 1. The van der Waals surface area contributed by atoms with Crippen molar-refractivity contribution < 1.29 is 24.2 Å². The minimum atomic E-state index is -1.08. The van der Waals surface area contributed by atoms with Gasteiger partial charge in [0.2, 0.25) is 17.7 Å². The number of amides is 3. The van der Waals surface area contributed by atoms with Crippen LogP contribution in [0.5, 0.6) is 0 Å². The molecule has 8 heteroatoms. The standard InChI is InChI=1S/C32H45N3O5/c1-5-9-13-20-33(18-6-2)31(39)28-32-17-16-25(40-32)26(27(32)30(38)35(28)24(8-4)22-36)29(37)34(19-7-3)21-23-14-11-10-12-15-23/h6-7,10-12,14-15,24-28,36H,2-3,5,8-9,13,16-22H2,1,4H3/t24-,25-,26+,27-,28?,32?/m0/s1. The van der Waals surface area contributed by atoms with E-state index in [0.29, 0.717) is 45.4 Å². The molecule has 6 atom stereocenters. The van der Waals surface area contributed by atoms with Crippen molar-refractivity contribution in [3.63, 3.8) is 0 Å². The summed E-state index contributed by atoms with van der Waals surface area (Å²) in [5, 5.41) is 10.3. The smallest absolute Gasteiger partial charge is 0.248 e. The number of fused-ring (bicyclic) bond motifs is 1. The zero-order valence-electron chi connectivity index (χ0n) is 24.0. The van der Waals surface area contributed by atoms with E-state index in [-0.39, 0.29) is 24.3 Å². The van der Waals surface area contributed by atoms with Gasteiger partial charge in [0.1, 0.15) is 11.6 Å². The van der Waals surface area contributed by atoms with E-state index in [1.54, 1.807) is 26.9 Å². The van der Waals surface area contributed by atoms with E-state index < -0.39 is 35.6 Å². The molecule has 1 spiro atoms. The second kappa shape index (κ2) is 13.1. The van der Waals surface area contributed by atoms with Crippen molar-refractivity contribution >= 4 is 17.7 Å². The fourth-order valence-electron chi connectivity index (χ4n) is 7.03. The molecule has 218 valence electrons. The highest BCUT2D eigenvalue weighted by atomic mass is 16.5. The molecule has 0 aromatic heterocycles. The van der Waals surface area contributed by atoms with Crippen LogP contribution >= 0.6 is 0 Å². The van der Waals surface area contributed by atoms with Crippen molar-refractivity contribution in [2.45, 2.75) is 82.7 Å². The van der Waals surface area contributed by atoms with Gasteiger partial charge in [-0.1, -0.05) is 69.2 Å². The Hall–Kier alpha value is -2.97. The topological polar surface area (TPSA) is 90.4 Å². The number of hydrogen-bond acceptors (Lipinski definition) is 5. The first-order valence-electron chi connectivity index (χ1n) is 14.8. The Kier molecular flexibility index (Phi) is 9.85. The van der Waals surface area contributed by atoms with Crippen LogP contribution in [0.25, 0.3) is 0 Å². The Morgan fingerprint density at radius 2 is 1.82 bits per heavy atom. The Morgan fingerprint density at radius 3 is 2.45 bits per heavy atom. The van der Waals surface area contributed by atoms with Gasteiger partial charge >= 0.3 is 0 Å². The molecule has 3 saturated heterocycles. The Bertz CT molecular complexity index is 1070. The maximum absolute atomic E-state index is 14.3. The van der Waals surface area contributed by atoms with Gasteiger partial charge in [0.15, 0.2) is 0 Å². The van der Waals surface area contributed by atoms with Crippen molar-refractivity contribution in [3.8, 4) is 0 Å². The first-order chi connectivity index (χ1) is 19.4. The minimum Gasteiger partial charge on any atom is -0.394 e. The average molecular weight is 552 g/mol. The minimum absolute atomic E-state index is 0.148. The molecule has 2 bridgehead atoms. The lowest BCUT2D eigenvalue weighted by Crippen LogP contribution is -2.58. The summed E-state index contributed by atoms with van der Waals surface area (Å²) in [5.41, 5.74) is -0.0965. The maximum atomic E-state index is 14.3. The maximum Gasteiger partial charge on any atom is 0.248 e. The van der Waals surface area contributed by atoms with Crippen molar-refractivity contribution in [1.82, 2.24) is 14.7 Å². The molecule has 1 aromatic rings. The molecule has 2 unspecified atom stereocenters. The second-order valence-electron chi connectivity index (χ2n) is 11.3. The van der Waals surface area contributed by atoms with Crippen LogP contribution in [0.2, 0.25) is 0 Å². The average Bonchev–Trinajstić information content (AvgIpc) is 3.61. The fourth-order valence-corrected chi connectivity index (χ4v) is 7.03. The van der Waals surface area contributed by atoms with Gasteiger partial charge < -0.3 is 24.5 Å². The van der Waals surface area contributed by atoms with Crippen molar-refractivity contribution in [3.05, 3.63) is 61.2 Å². The third-order valence-electron chi connectivity index (χ3n) is 8.90. The van der Waals surface area contributed by atoms with E-state index >= 15 is 0 Å². The molecule has 1 aromatic carbocycles. The van der Waals surface area contributed by atoms with Crippen molar-refractivity contribution in [2.24, 2.45) is 11.8 Å². The molecule has 3 amide bonds. The van der Waals surface area contributed by atoms with Gasteiger partial charge in [-0.2, -0.15) is 0 Å². The van der Waals surface area contributed by atoms with Gasteiger partial charge in [0.25, 0.3) is 0 Å². The largest absolute Gasteiger partial charge is 0.394 e. The van der Waals surface area contributed by atoms with Crippen molar-refractivity contribution in [1.29, 1.82) is 0 Å². The van der Waals surface area contributed by atoms with Gasteiger partial charge in [-0.3, -0.25) is 14.4 Å². The highest BCUT2D eigenvalue weighted by Crippen LogP contribution is 2.59. The summed E-state index contributed by atoms with van der Waals surface area (Å²) < 4.78 is 6.63. The number of benzene rings is 1. The molecular formula is C32H45N3O5. The van der Waals surface area contributed by atoms with Crippen LogP contribution in [-0.4, -0.2) is 87.6 Å². The van der Waals surface area contributed by atoms with Crippen LogP contribution in [-0.2, 0) is 25.7 Å². The number of nitrogens with zero attached hydrogens (tertiary/aromatic N) is 3. The third kappa shape index (κ3) is 5.36. The first-order valence-corrected chi connectivity index (χ1v) is 14.8. The van der Waals surface area contributed by atoms with E-state index in [1.165, 1.54) is 0 Å². The van der Waals surface area contributed by atoms with E-state index in [2.05, 4.69) is 20.1 Å². The van der Waals surface area contributed by atoms with Crippen molar-refractivity contribution in [2.75, 3.05) is 26.2 Å². The monoisotopic (exact) mass is 551 g/mol. The van der Waals surface area contributed by atoms with E-state index in [0.717, 1.165) is 24.8 Å². The van der Waals surface area contributed by atoms with Crippen LogP contribution in [0.3, 0.4) is 0 Å². The molecular weight excluding hydrogens is 506 g/mol. The summed E-state index contributed by atoms with van der Waals surface area (Å²) in [5.74, 6) is -2.04. The molecule has 3 aliphatic heterocycles. The predicted octanol–water partition coefficient (Wildman–Crippen LogP) is 3.55. The summed E-state index contributed by atoms with van der Waals surface area (Å²) in [6.07, 6.45) is 7.48. The molecule has 0 radical (unpaired) electrons. The Labute approximate surface area is 238 Å². The second-order valence-corrected chi connectivity index (χ2v) is 11.3. The Morgan fingerprint density at radius 1 is 1.12 bits per heavy atom. The molecule has 3 fully saturated rings. The van der Waals surface area contributed by atoms with Gasteiger partial charge in [-0.15, -0.1) is 13.2 Å². The van der Waals surface area contributed by atoms with E-state index in [1.807, 2.05) is 37.3 Å². The molecule has 8 nitrogen and oxygen atoms in total. The molecule has 0 saturated carbocycles. The molecule has 40 heavy (non-hydrogen) atoms. The van der Waals surface area contributed by atoms with Crippen LogP contribution in [0, 0.1) is 11.8 Å². The lowest BCUT2D eigenvalue weighted by atomic mass is 9.70. The molecule has 0 aliphatic carbocycles. The number of aliphatic hydroxyl groups excluding tert-OH is 1. The zero-order valence-corrected chi connectivity index (χ0v) is 24.0. The molecule has 1 N–H and O–H groups in total. The van der Waals surface area contributed by atoms with Gasteiger partial charge in [-0.05, 0) is 31.2 Å². The number of likely N-dealkylation sites (tertiary alicyclic amines) is 1. The highest BCUT2D eigenvalue weighted by Gasteiger charge is 2.75. The number of unbranched alkanes of at least 4 members (excludes halogenated alkanes) is 2. The molecule has 3 heterocycles. The van der Waals surface area contributed by atoms with Gasteiger partial charge in [-0.25, -0.2) is 0 Å². The summed E-state index contributed by atoms with van der Waals surface area (Å²) in [6.45, 7) is 13.1. The summed E-state index contributed by atoms with van der Waals surface area (Å²) in [4.78, 5) is 47.9. The SMILES string of the molecule is C=CCN(CCCCC)C(=O)C1N([C@@H](CC)CO)C(=O)[C@@H]2[C@H](C(=O)N(CC=C)Cc3ccccc3)[C@@H]3CCC12O3. The van der Waals surface area contributed by atoms with Gasteiger partial charge in [0, 0.05) is 26.2 Å². The van der Waals surface area contributed by atoms with Gasteiger partial charge in [0.05, 0.1) is 30.6 Å². The molecule has 4 rings (SSSR count). The lowest BCUT2D eigenvalue weighted by Gasteiger charge is -2.39. The summed E-state index contributed by atoms with van der Waals surface area (Å²) >= 11 is 0. The number of rotatable bonds is 15. The molecule has 3 aliphatic rings. The van der Waals surface area contributed by atoms with Crippen LogP contribution in [0.1, 0.15) is 57.9 Å².